The van der Waals surface area contributed by atoms with Gasteiger partial charge in [-0.3, -0.25) is 0 Å². The lowest BCUT2D eigenvalue weighted by atomic mass is 10.1. The molecule has 0 saturated carbocycles. The third-order valence-electron chi connectivity index (χ3n) is 5.99. The van der Waals surface area contributed by atoms with E-state index in [9.17, 15) is 9.18 Å². The van der Waals surface area contributed by atoms with Gasteiger partial charge in [0.1, 0.15) is 11.6 Å². The molecule has 1 aliphatic carbocycles. The second kappa shape index (κ2) is 8.50. The number of rotatable bonds is 4. The maximum absolute atomic E-state index is 13.6. The van der Waals surface area contributed by atoms with Crippen molar-refractivity contribution in [2.45, 2.75) is 18.9 Å². The van der Waals surface area contributed by atoms with Gasteiger partial charge in [-0.2, -0.15) is 9.97 Å². The summed E-state index contributed by atoms with van der Waals surface area (Å²) in [5, 5.41) is 3.34. The number of aromatic nitrogens is 4. The molecule has 5 rings (SSSR count). The largest absolute Gasteiger partial charge is 0.384 e. The van der Waals surface area contributed by atoms with Crippen LogP contribution in [0.1, 0.15) is 11.1 Å². The zero-order valence-electron chi connectivity index (χ0n) is 18.3. The molecule has 34 heavy (non-hydrogen) atoms. The van der Waals surface area contributed by atoms with E-state index in [-0.39, 0.29) is 33.1 Å². The summed E-state index contributed by atoms with van der Waals surface area (Å²) in [6.07, 6.45) is 3.46. The quantitative estimate of drug-likeness (QED) is 0.437. The summed E-state index contributed by atoms with van der Waals surface area (Å²) in [5.41, 5.74) is 9.08. The van der Waals surface area contributed by atoms with Gasteiger partial charge in [0, 0.05) is 17.9 Å². The highest BCUT2D eigenvalue weighted by Crippen LogP contribution is 2.32. The van der Waals surface area contributed by atoms with Crippen LogP contribution in [0, 0.1) is 5.82 Å². The van der Waals surface area contributed by atoms with Gasteiger partial charge in [-0.25, -0.2) is 18.7 Å². The fourth-order valence-electron chi connectivity index (χ4n) is 4.19. The van der Waals surface area contributed by atoms with E-state index < -0.39 is 11.5 Å². The minimum atomic E-state index is -0.752. The Bertz CT molecular complexity index is 1480. The van der Waals surface area contributed by atoms with E-state index in [4.69, 9.17) is 28.9 Å². The summed E-state index contributed by atoms with van der Waals surface area (Å²) in [6, 6.07) is 8.74. The Hall–Kier alpha value is -3.27. The van der Waals surface area contributed by atoms with Gasteiger partial charge < -0.3 is 16.0 Å². The number of hydrogen-bond donors (Lipinski definition) is 2. The molecule has 174 valence electrons. The lowest BCUT2D eigenvalue weighted by Crippen LogP contribution is -2.27. The molecule has 0 bridgehead atoms. The van der Waals surface area contributed by atoms with Crippen molar-refractivity contribution >= 4 is 51.7 Å². The van der Waals surface area contributed by atoms with Crippen molar-refractivity contribution in [3.63, 3.8) is 0 Å². The summed E-state index contributed by atoms with van der Waals surface area (Å²) in [4.78, 5) is 27.8. The van der Waals surface area contributed by atoms with Crippen LogP contribution in [0.4, 0.5) is 21.8 Å². The van der Waals surface area contributed by atoms with Gasteiger partial charge in [0.15, 0.2) is 5.65 Å². The Labute approximate surface area is 204 Å². The highest BCUT2D eigenvalue weighted by Gasteiger charge is 2.23. The first-order chi connectivity index (χ1) is 16.2. The van der Waals surface area contributed by atoms with Gasteiger partial charge >= 0.3 is 5.69 Å². The number of nitrogen functional groups attached to an aromatic ring is 1. The second-order valence-electron chi connectivity index (χ2n) is 8.40. The van der Waals surface area contributed by atoms with E-state index in [2.05, 4.69) is 51.4 Å². The van der Waals surface area contributed by atoms with Crippen LogP contribution in [-0.4, -0.2) is 44.6 Å². The van der Waals surface area contributed by atoms with Gasteiger partial charge in [-0.15, -0.1) is 0 Å². The standard InChI is InChI=1S/C23H20Cl2FN7O/c1-32(2)15-6-11-3-4-14(5-12(11)7-15)29-22-28-10-16-20(27)33(23(34)31-21(16)30-22)19-17(24)8-13(26)9-18(19)25/h3-5,8-10,15H,6-7,27H2,1-2H3,(H,29,30,31,34)/t15-/m0/s1. The molecule has 0 aliphatic heterocycles. The third-order valence-corrected chi connectivity index (χ3v) is 6.56. The molecule has 0 spiro atoms. The zero-order valence-corrected chi connectivity index (χ0v) is 19.8. The monoisotopic (exact) mass is 499 g/mol. The van der Waals surface area contributed by atoms with Crippen molar-refractivity contribution in [2.24, 2.45) is 0 Å². The first kappa shape index (κ1) is 22.5. The van der Waals surface area contributed by atoms with E-state index in [1.54, 1.807) is 0 Å². The van der Waals surface area contributed by atoms with Gasteiger partial charge in [0.05, 0.1) is 21.1 Å². The van der Waals surface area contributed by atoms with Gasteiger partial charge in [0.2, 0.25) is 5.95 Å². The average molecular weight is 500 g/mol. The van der Waals surface area contributed by atoms with Crippen molar-refractivity contribution in [3.05, 3.63) is 74.0 Å². The molecule has 2 aromatic carbocycles. The maximum atomic E-state index is 13.6. The van der Waals surface area contributed by atoms with E-state index in [1.807, 2.05) is 6.07 Å². The zero-order chi connectivity index (χ0) is 24.1. The lowest BCUT2D eigenvalue weighted by molar-refractivity contribution is 0.303. The Morgan fingerprint density at radius 2 is 1.82 bits per heavy atom. The number of hydrogen-bond acceptors (Lipinski definition) is 7. The van der Waals surface area contributed by atoms with Crippen LogP contribution >= 0.6 is 23.2 Å². The summed E-state index contributed by atoms with van der Waals surface area (Å²) in [5.74, 6) is -0.373. The molecule has 11 heteroatoms. The molecule has 0 amide bonds. The van der Waals surface area contributed by atoms with Crippen molar-refractivity contribution in [2.75, 3.05) is 25.1 Å². The highest BCUT2D eigenvalue weighted by atomic mass is 35.5. The van der Waals surface area contributed by atoms with Crippen LogP contribution in [0.5, 0.6) is 0 Å². The number of benzene rings is 2. The fourth-order valence-corrected chi connectivity index (χ4v) is 4.82. The number of nitrogens with two attached hydrogens (primary N) is 1. The molecule has 1 atom stereocenters. The first-order valence-corrected chi connectivity index (χ1v) is 11.2. The second-order valence-corrected chi connectivity index (χ2v) is 9.21. The number of likely N-dealkylation sites (N-methyl/N-ethyl adjacent to an activating group) is 1. The Kier molecular flexibility index (Phi) is 5.63. The Balaban J connectivity index is 1.50. The Morgan fingerprint density at radius 3 is 2.53 bits per heavy atom. The molecule has 2 aromatic heterocycles. The number of nitrogens with one attached hydrogen (secondary N) is 1. The number of anilines is 3. The van der Waals surface area contributed by atoms with Gasteiger partial charge in [-0.05, 0) is 62.3 Å². The van der Waals surface area contributed by atoms with Gasteiger partial charge in [0.25, 0.3) is 0 Å². The van der Waals surface area contributed by atoms with Gasteiger partial charge in [-0.1, -0.05) is 29.3 Å². The number of nitrogens with zero attached hydrogens (tertiary/aromatic N) is 5. The lowest BCUT2D eigenvalue weighted by Gasteiger charge is -2.17. The van der Waals surface area contributed by atoms with Crippen LogP contribution in [0.2, 0.25) is 10.0 Å². The van der Waals surface area contributed by atoms with Crippen molar-refractivity contribution in [1.82, 2.24) is 24.4 Å². The van der Waals surface area contributed by atoms with Crippen molar-refractivity contribution in [3.8, 4) is 5.69 Å². The fraction of sp³-hybridized carbons (Fsp3) is 0.217. The molecule has 3 N–H and O–H groups in total. The highest BCUT2D eigenvalue weighted by molar-refractivity contribution is 6.37. The maximum Gasteiger partial charge on any atom is 0.355 e. The van der Waals surface area contributed by atoms with Crippen molar-refractivity contribution in [1.29, 1.82) is 0 Å². The summed E-state index contributed by atoms with van der Waals surface area (Å²) in [6.45, 7) is 0. The third kappa shape index (κ3) is 3.96. The van der Waals surface area contributed by atoms with E-state index in [0.29, 0.717) is 11.4 Å². The molecule has 0 unspecified atom stereocenters. The predicted octanol–water partition coefficient (Wildman–Crippen LogP) is 3.98. The smallest absolute Gasteiger partial charge is 0.355 e. The van der Waals surface area contributed by atoms with Crippen LogP contribution in [0.15, 0.2) is 41.3 Å². The number of halogens is 3. The minimum absolute atomic E-state index is 0.00999. The summed E-state index contributed by atoms with van der Waals surface area (Å²) >= 11 is 12.3. The average Bonchev–Trinajstić information content (AvgIpc) is 3.19. The van der Waals surface area contributed by atoms with Crippen LogP contribution in [-0.2, 0) is 12.8 Å². The van der Waals surface area contributed by atoms with E-state index >= 15 is 0 Å². The topological polar surface area (TPSA) is 102 Å². The first-order valence-electron chi connectivity index (χ1n) is 10.5. The minimum Gasteiger partial charge on any atom is -0.384 e. The van der Waals surface area contributed by atoms with Crippen LogP contribution in [0.3, 0.4) is 0 Å². The molecule has 8 nitrogen and oxygen atoms in total. The normalized spacial score (nSPS) is 15.2. The molecule has 0 saturated heterocycles. The molecule has 0 fully saturated rings. The Morgan fingerprint density at radius 1 is 1.12 bits per heavy atom. The molecule has 2 heterocycles. The van der Waals surface area contributed by atoms with Crippen LogP contribution in [0.25, 0.3) is 16.7 Å². The van der Waals surface area contributed by atoms with E-state index in [0.717, 1.165) is 35.2 Å². The summed E-state index contributed by atoms with van der Waals surface area (Å²) in [7, 11) is 4.17. The predicted molar refractivity (Wildman–Crippen MR) is 132 cm³/mol. The van der Waals surface area contributed by atoms with E-state index in [1.165, 1.54) is 17.3 Å². The number of fused-ring (bicyclic) bond motifs is 2. The molecular formula is C23H20Cl2FN7O. The molecule has 4 aromatic rings. The SMILES string of the molecule is CN(C)[C@H]1Cc2ccc(Nc3ncc4c(N)n(-c5c(Cl)cc(F)cc5Cl)c(=O)nc4n3)cc2C1. The van der Waals surface area contributed by atoms with Crippen molar-refractivity contribution < 1.29 is 4.39 Å². The molecular weight excluding hydrogens is 480 g/mol. The van der Waals surface area contributed by atoms with Crippen LogP contribution < -0.4 is 16.7 Å². The molecule has 1 aliphatic rings. The summed E-state index contributed by atoms with van der Waals surface area (Å²) < 4.78 is 14.6. The molecule has 0 radical (unpaired) electrons.